The average molecular weight is 348 g/mol. The molecule has 118 valence electrons. The lowest BCUT2D eigenvalue weighted by molar-refractivity contribution is -0.115. The number of anilines is 1. The van der Waals surface area contributed by atoms with Gasteiger partial charge < -0.3 is 9.72 Å². The van der Waals surface area contributed by atoms with Crippen LogP contribution in [0.2, 0.25) is 10.0 Å². The molecule has 1 amide bonds. The first-order valence-corrected chi connectivity index (χ1v) is 7.89. The molecule has 0 unspecified atom stereocenters. The summed E-state index contributed by atoms with van der Waals surface area (Å²) in [4.78, 5) is 16.9. The number of benzene rings is 1. The molecule has 0 fully saturated rings. The molecule has 23 heavy (non-hydrogen) atoms. The molecule has 0 aliphatic carbocycles. The lowest BCUT2D eigenvalue weighted by atomic mass is 10.2. The third-order valence-electron chi connectivity index (χ3n) is 3.67. The zero-order valence-electron chi connectivity index (χ0n) is 12.7. The zero-order chi connectivity index (χ0) is 16.6. The van der Waals surface area contributed by atoms with Gasteiger partial charge in [0.15, 0.2) is 0 Å². The molecule has 6 heteroatoms. The molecule has 3 rings (SSSR count). The Bertz CT molecular complexity index is 902. The Balaban J connectivity index is 1.87. The number of aromatic nitrogens is 2. The Kier molecular flexibility index (Phi) is 4.28. The molecule has 0 atom stereocenters. The first-order valence-electron chi connectivity index (χ1n) is 7.14. The van der Waals surface area contributed by atoms with E-state index in [4.69, 9.17) is 23.2 Å². The van der Waals surface area contributed by atoms with Crippen molar-refractivity contribution in [3.8, 4) is 0 Å². The van der Waals surface area contributed by atoms with Crippen molar-refractivity contribution in [2.75, 3.05) is 5.32 Å². The maximum atomic E-state index is 12.4. The smallest absolute Gasteiger partial charge is 0.230 e. The number of carbonyl (C=O) groups excluding carboxylic acids is 1. The Morgan fingerprint density at radius 2 is 2.04 bits per heavy atom. The molecule has 0 spiro atoms. The minimum absolute atomic E-state index is 0.166. The molecule has 1 aromatic carbocycles. The number of pyridine rings is 1. The standard InChI is InChI=1S/C17H15Cl2N3O/c1-10-4-3-7-22-15(11(2)20-17(10)22)9-16(23)21-14-8-12(18)5-6-13(14)19/h3-8H,9H2,1-2H3,(H,21,23). The van der Waals surface area contributed by atoms with Crippen LogP contribution in [0, 0.1) is 13.8 Å². The number of amides is 1. The van der Waals surface area contributed by atoms with E-state index in [2.05, 4.69) is 10.3 Å². The highest BCUT2D eigenvalue weighted by atomic mass is 35.5. The molecule has 0 radical (unpaired) electrons. The second-order valence-corrected chi connectivity index (χ2v) is 6.22. The fourth-order valence-corrected chi connectivity index (χ4v) is 2.86. The van der Waals surface area contributed by atoms with E-state index in [-0.39, 0.29) is 12.3 Å². The van der Waals surface area contributed by atoms with Gasteiger partial charge in [-0.1, -0.05) is 29.3 Å². The number of imidazole rings is 1. The van der Waals surface area contributed by atoms with Gasteiger partial charge in [0.25, 0.3) is 0 Å². The summed E-state index contributed by atoms with van der Waals surface area (Å²) < 4.78 is 1.95. The van der Waals surface area contributed by atoms with E-state index in [0.717, 1.165) is 22.6 Å². The molecular weight excluding hydrogens is 333 g/mol. The van der Waals surface area contributed by atoms with Crippen LogP contribution < -0.4 is 5.32 Å². The molecule has 4 nitrogen and oxygen atoms in total. The number of aryl methyl sites for hydroxylation is 2. The van der Waals surface area contributed by atoms with E-state index >= 15 is 0 Å². The Labute approximate surface area is 144 Å². The van der Waals surface area contributed by atoms with Crippen molar-refractivity contribution in [3.63, 3.8) is 0 Å². The highest BCUT2D eigenvalue weighted by Gasteiger charge is 2.15. The number of fused-ring (bicyclic) bond motifs is 1. The van der Waals surface area contributed by atoms with E-state index < -0.39 is 0 Å². The van der Waals surface area contributed by atoms with Crippen LogP contribution in [0.5, 0.6) is 0 Å². The fraction of sp³-hybridized carbons (Fsp3) is 0.176. The second kappa shape index (κ2) is 6.22. The molecule has 2 heterocycles. The quantitative estimate of drug-likeness (QED) is 0.761. The van der Waals surface area contributed by atoms with Crippen molar-refractivity contribution in [3.05, 3.63) is 63.5 Å². The maximum absolute atomic E-state index is 12.4. The van der Waals surface area contributed by atoms with Gasteiger partial charge in [0.2, 0.25) is 5.91 Å². The summed E-state index contributed by atoms with van der Waals surface area (Å²) in [5, 5.41) is 3.77. The summed E-state index contributed by atoms with van der Waals surface area (Å²) in [7, 11) is 0. The van der Waals surface area contributed by atoms with Crippen LogP contribution in [0.25, 0.3) is 5.65 Å². The lowest BCUT2D eigenvalue weighted by Crippen LogP contribution is -2.16. The maximum Gasteiger partial charge on any atom is 0.230 e. The van der Waals surface area contributed by atoms with Gasteiger partial charge >= 0.3 is 0 Å². The van der Waals surface area contributed by atoms with Crippen molar-refractivity contribution >= 4 is 40.4 Å². The first-order chi connectivity index (χ1) is 11.0. The molecule has 0 aliphatic heterocycles. The number of hydrogen-bond donors (Lipinski definition) is 1. The van der Waals surface area contributed by atoms with Crippen molar-refractivity contribution < 1.29 is 4.79 Å². The Morgan fingerprint density at radius 1 is 1.26 bits per heavy atom. The lowest BCUT2D eigenvalue weighted by Gasteiger charge is -2.08. The van der Waals surface area contributed by atoms with Crippen molar-refractivity contribution in [2.45, 2.75) is 20.3 Å². The number of nitrogens with zero attached hydrogens (tertiary/aromatic N) is 2. The molecule has 0 aliphatic rings. The SMILES string of the molecule is Cc1nc2c(C)cccn2c1CC(=O)Nc1cc(Cl)ccc1Cl. The largest absolute Gasteiger partial charge is 0.324 e. The second-order valence-electron chi connectivity index (χ2n) is 5.38. The first kappa shape index (κ1) is 15.8. The van der Waals surface area contributed by atoms with Crippen LogP contribution in [0.4, 0.5) is 5.69 Å². The van der Waals surface area contributed by atoms with E-state index in [1.807, 2.05) is 36.6 Å². The number of hydrogen-bond acceptors (Lipinski definition) is 2. The molecule has 1 N–H and O–H groups in total. The van der Waals surface area contributed by atoms with Gasteiger partial charge in [-0.05, 0) is 43.7 Å². The van der Waals surface area contributed by atoms with Gasteiger partial charge in [-0.3, -0.25) is 4.79 Å². The minimum atomic E-state index is -0.166. The van der Waals surface area contributed by atoms with Gasteiger partial charge in [-0.15, -0.1) is 0 Å². The van der Waals surface area contributed by atoms with Crippen molar-refractivity contribution in [2.24, 2.45) is 0 Å². The summed E-state index contributed by atoms with van der Waals surface area (Å²) in [6.45, 7) is 3.90. The zero-order valence-corrected chi connectivity index (χ0v) is 14.2. The summed E-state index contributed by atoms with van der Waals surface area (Å²) in [6, 6.07) is 8.91. The molecule has 3 aromatic rings. The fourth-order valence-electron chi connectivity index (χ4n) is 2.52. The van der Waals surface area contributed by atoms with Crippen LogP contribution in [0.15, 0.2) is 36.5 Å². The number of halogens is 2. The Morgan fingerprint density at radius 3 is 2.83 bits per heavy atom. The Hall–Kier alpha value is -2.04. The van der Waals surface area contributed by atoms with Crippen LogP contribution in [-0.2, 0) is 11.2 Å². The van der Waals surface area contributed by atoms with Gasteiger partial charge in [0.05, 0.1) is 28.5 Å². The van der Waals surface area contributed by atoms with Crippen molar-refractivity contribution in [1.29, 1.82) is 0 Å². The predicted octanol–water partition coefficient (Wildman–Crippen LogP) is 4.44. The molecular formula is C17H15Cl2N3O. The van der Waals surface area contributed by atoms with E-state index in [1.54, 1.807) is 18.2 Å². The number of rotatable bonds is 3. The highest BCUT2D eigenvalue weighted by molar-refractivity contribution is 6.35. The monoisotopic (exact) mass is 347 g/mol. The van der Waals surface area contributed by atoms with E-state index in [0.29, 0.717) is 15.7 Å². The van der Waals surface area contributed by atoms with E-state index in [1.165, 1.54) is 0 Å². The number of carbonyl (C=O) groups is 1. The van der Waals surface area contributed by atoms with Crippen LogP contribution in [-0.4, -0.2) is 15.3 Å². The highest BCUT2D eigenvalue weighted by Crippen LogP contribution is 2.25. The minimum Gasteiger partial charge on any atom is -0.324 e. The normalized spacial score (nSPS) is 11.0. The summed E-state index contributed by atoms with van der Waals surface area (Å²) >= 11 is 12.0. The van der Waals surface area contributed by atoms with Gasteiger partial charge in [-0.25, -0.2) is 4.98 Å². The molecule has 2 aromatic heterocycles. The van der Waals surface area contributed by atoms with Gasteiger partial charge in [0, 0.05) is 11.2 Å². The molecule has 0 saturated heterocycles. The van der Waals surface area contributed by atoms with Crippen molar-refractivity contribution in [1.82, 2.24) is 9.38 Å². The van der Waals surface area contributed by atoms with Gasteiger partial charge in [0.1, 0.15) is 5.65 Å². The van der Waals surface area contributed by atoms with Gasteiger partial charge in [-0.2, -0.15) is 0 Å². The predicted molar refractivity (Wildman–Crippen MR) is 93.5 cm³/mol. The third-order valence-corrected chi connectivity index (χ3v) is 4.24. The van der Waals surface area contributed by atoms with Crippen LogP contribution >= 0.6 is 23.2 Å². The van der Waals surface area contributed by atoms with Crippen LogP contribution in [0.3, 0.4) is 0 Å². The number of nitrogens with one attached hydrogen (secondary N) is 1. The molecule has 0 bridgehead atoms. The van der Waals surface area contributed by atoms with Crippen LogP contribution in [0.1, 0.15) is 17.0 Å². The molecule has 0 saturated carbocycles. The summed E-state index contributed by atoms with van der Waals surface area (Å²) in [5.41, 5.74) is 4.14. The topological polar surface area (TPSA) is 46.4 Å². The van der Waals surface area contributed by atoms with E-state index in [9.17, 15) is 4.79 Å². The average Bonchev–Trinajstić information content (AvgIpc) is 2.81. The summed E-state index contributed by atoms with van der Waals surface area (Å²) in [6.07, 6.45) is 2.12. The summed E-state index contributed by atoms with van der Waals surface area (Å²) in [5.74, 6) is -0.166. The third kappa shape index (κ3) is 3.19.